The fraction of sp³-hybridized carbons (Fsp3) is 0.533. The van der Waals surface area contributed by atoms with E-state index in [9.17, 15) is 13.6 Å². The third kappa shape index (κ3) is 3.80. The number of benzene rings is 1. The van der Waals surface area contributed by atoms with Gasteiger partial charge in [0.1, 0.15) is 17.2 Å². The highest BCUT2D eigenvalue weighted by Gasteiger charge is 2.29. The summed E-state index contributed by atoms with van der Waals surface area (Å²) in [6, 6.07) is 2.30. The lowest BCUT2D eigenvalue weighted by molar-refractivity contribution is 0.0632. The van der Waals surface area contributed by atoms with Gasteiger partial charge in [-0.3, -0.25) is 4.79 Å². The molecule has 1 heterocycles. The van der Waals surface area contributed by atoms with Gasteiger partial charge in [-0.05, 0) is 44.5 Å². The first-order chi connectivity index (χ1) is 10.0. The van der Waals surface area contributed by atoms with Crippen molar-refractivity contribution < 1.29 is 13.6 Å². The number of halogens is 3. The van der Waals surface area contributed by atoms with Gasteiger partial charge in [-0.25, -0.2) is 8.78 Å². The van der Waals surface area contributed by atoms with Crippen LogP contribution in [0.3, 0.4) is 0 Å². The summed E-state index contributed by atoms with van der Waals surface area (Å²) in [5.41, 5.74) is -0.454. The molecule has 1 aromatic rings. The molecular formula is C15H19BrF2N2O. The van der Waals surface area contributed by atoms with Gasteiger partial charge in [-0.15, -0.1) is 0 Å². The van der Waals surface area contributed by atoms with Crippen LogP contribution in [0.15, 0.2) is 16.6 Å². The Balaban J connectivity index is 2.29. The van der Waals surface area contributed by atoms with E-state index in [2.05, 4.69) is 21.2 Å². The van der Waals surface area contributed by atoms with Crippen molar-refractivity contribution in [1.29, 1.82) is 0 Å². The smallest absolute Gasteiger partial charge is 0.260 e. The number of nitrogens with zero attached hydrogens (tertiary/aromatic N) is 1. The topological polar surface area (TPSA) is 32.3 Å². The Labute approximate surface area is 131 Å². The van der Waals surface area contributed by atoms with Crippen molar-refractivity contribution in [1.82, 2.24) is 10.2 Å². The second kappa shape index (κ2) is 7.31. The van der Waals surface area contributed by atoms with E-state index in [1.165, 1.54) is 0 Å². The Morgan fingerprint density at radius 1 is 1.33 bits per heavy atom. The highest BCUT2D eigenvalue weighted by atomic mass is 79.9. The first-order valence-corrected chi connectivity index (χ1v) is 8.00. The molecule has 2 rings (SSSR count). The maximum absolute atomic E-state index is 14.0. The molecule has 6 heteroatoms. The summed E-state index contributed by atoms with van der Waals surface area (Å²) in [5, 5.41) is 3.23. The molecule has 0 bridgehead atoms. The lowest BCUT2D eigenvalue weighted by atomic mass is 10.0. The van der Waals surface area contributed by atoms with Crippen LogP contribution < -0.4 is 5.32 Å². The Morgan fingerprint density at radius 2 is 1.90 bits per heavy atom. The van der Waals surface area contributed by atoms with Gasteiger partial charge in [0.25, 0.3) is 5.91 Å². The SMILES string of the molecule is CCCN(C(=O)c1c(F)cc(Br)cc1F)C1CCNCC1. The highest BCUT2D eigenvalue weighted by Crippen LogP contribution is 2.23. The molecule has 0 aliphatic carbocycles. The fourth-order valence-electron chi connectivity index (χ4n) is 2.70. The fourth-order valence-corrected chi connectivity index (χ4v) is 3.10. The van der Waals surface area contributed by atoms with Crippen LogP contribution in [-0.2, 0) is 0 Å². The largest absolute Gasteiger partial charge is 0.335 e. The number of hydrogen-bond acceptors (Lipinski definition) is 2. The molecular weight excluding hydrogens is 342 g/mol. The third-order valence-electron chi connectivity index (χ3n) is 3.70. The van der Waals surface area contributed by atoms with Crippen molar-refractivity contribution in [3.05, 3.63) is 33.8 Å². The number of hydrogen-bond donors (Lipinski definition) is 1. The molecule has 0 atom stereocenters. The maximum atomic E-state index is 14.0. The minimum atomic E-state index is -0.818. The van der Waals surface area contributed by atoms with Gasteiger partial charge in [0.2, 0.25) is 0 Å². The molecule has 1 fully saturated rings. The summed E-state index contributed by atoms with van der Waals surface area (Å²) in [7, 11) is 0. The monoisotopic (exact) mass is 360 g/mol. The van der Waals surface area contributed by atoms with Crippen molar-refractivity contribution in [3.8, 4) is 0 Å². The molecule has 0 radical (unpaired) electrons. The summed E-state index contributed by atoms with van der Waals surface area (Å²) in [6.45, 7) is 4.11. The quantitative estimate of drug-likeness (QED) is 0.892. The average molecular weight is 361 g/mol. The molecule has 1 aliphatic heterocycles. The third-order valence-corrected chi connectivity index (χ3v) is 4.15. The summed E-state index contributed by atoms with van der Waals surface area (Å²) in [6.07, 6.45) is 2.38. The predicted octanol–water partition coefficient (Wildman–Crippen LogP) is 3.33. The molecule has 0 aromatic heterocycles. The van der Waals surface area contributed by atoms with E-state index in [0.29, 0.717) is 6.54 Å². The zero-order valence-corrected chi connectivity index (χ0v) is 13.6. The zero-order chi connectivity index (χ0) is 15.4. The highest BCUT2D eigenvalue weighted by molar-refractivity contribution is 9.10. The van der Waals surface area contributed by atoms with Crippen molar-refractivity contribution in [2.45, 2.75) is 32.2 Å². The summed E-state index contributed by atoms with van der Waals surface area (Å²) >= 11 is 3.03. The van der Waals surface area contributed by atoms with Crippen LogP contribution in [0.2, 0.25) is 0 Å². The number of rotatable bonds is 4. The van der Waals surface area contributed by atoms with Crippen LogP contribution in [0.4, 0.5) is 8.78 Å². The molecule has 1 N–H and O–H groups in total. The first kappa shape index (κ1) is 16.4. The van der Waals surface area contributed by atoms with E-state index in [-0.39, 0.29) is 10.5 Å². The van der Waals surface area contributed by atoms with Crippen LogP contribution in [0.5, 0.6) is 0 Å². The average Bonchev–Trinajstić information content (AvgIpc) is 2.44. The molecule has 1 saturated heterocycles. The van der Waals surface area contributed by atoms with E-state index < -0.39 is 23.1 Å². The van der Waals surface area contributed by atoms with Gasteiger partial charge in [-0.2, -0.15) is 0 Å². The van der Waals surface area contributed by atoms with E-state index >= 15 is 0 Å². The molecule has 1 aromatic carbocycles. The lowest BCUT2D eigenvalue weighted by Crippen LogP contribution is -2.47. The van der Waals surface area contributed by atoms with Gasteiger partial charge in [-0.1, -0.05) is 22.9 Å². The molecule has 0 unspecified atom stereocenters. The van der Waals surface area contributed by atoms with Crippen LogP contribution in [0, 0.1) is 11.6 Å². The molecule has 1 aliphatic rings. The van der Waals surface area contributed by atoms with Crippen molar-refractivity contribution in [3.63, 3.8) is 0 Å². The number of amides is 1. The minimum Gasteiger partial charge on any atom is -0.335 e. The molecule has 0 spiro atoms. The summed E-state index contributed by atoms with van der Waals surface area (Å²) < 4.78 is 28.3. The van der Waals surface area contributed by atoms with Gasteiger partial charge < -0.3 is 10.2 Å². The predicted molar refractivity (Wildman–Crippen MR) is 81.3 cm³/mol. The van der Waals surface area contributed by atoms with Gasteiger partial charge in [0, 0.05) is 17.1 Å². The van der Waals surface area contributed by atoms with Crippen LogP contribution in [-0.4, -0.2) is 36.5 Å². The van der Waals surface area contributed by atoms with Crippen LogP contribution in [0.1, 0.15) is 36.5 Å². The van der Waals surface area contributed by atoms with E-state index in [0.717, 1.165) is 44.5 Å². The second-order valence-corrected chi connectivity index (χ2v) is 6.14. The van der Waals surface area contributed by atoms with E-state index in [4.69, 9.17) is 0 Å². The zero-order valence-electron chi connectivity index (χ0n) is 12.0. The lowest BCUT2D eigenvalue weighted by Gasteiger charge is -2.34. The molecule has 0 saturated carbocycles. The Morgan fingerprint density at radius 3 is 2.43 bits per heavy atom. The first-order valence-electron chi connectivity index (χ1n) is 7.20. The number of piperidine rings is 1. The standard InChI is InChI=1S/C15H19BrF2N2O/c1-2-7-20(11-3-5-19-6-4-11)15(21)14-12(17)8-10(16)9-13(14)18/h8-9,11,19H,2-7H2,1H3. The van der Waals surface area contributed by atoms with Crippen molar-refractivity contribution >= 4 is 21.8 Å². The van der Waals surface area contributed by atoms with Gasteiger partial charge >= 0.3 is 0 Å². The van der Waals surface area contributed by atoms with Crippen molar-refractivity contribution in [2.75, 3.05) is 19.6 Å². The Kier molecular flexibility index (Phi) is 5.70. The summed E-state index contributed by atoms with van der Waals surface area (Å²) in [4.78, 5) is 14.2. The molecule has 1 amide bonds. The number of carbonyl (C=O) groups excluding carboxylic acids is 1. The van der Waals surface area contributed by atoms with Crippen LogP contribution in [0.25, 0.3) is 0 Å². The molecule has 3 nitrogen and oxygen atoms in total. The van der Waals surface area contributed by atoms with Gasteiger partial charge in [0.05, 0.1) is 0 Å². The van der Waals surface area contributed by atoms with E-state index in [1.54, 1.807) is 4.90 Å². The Bertz CT molecular complexity index is 495. The molecule has 116 valence electrons. The van der Waals surface area contributed by atoms with Crippen LogP contribution >= 0.6 is 15.9 Å². The van der Waals surface area contributed by atoms with Crippen molar-refractivity contribution in [2.24, 2.45) is 0 Å². The number of carbonyl (C=O) groups is 1. The normalized spacial score (nSPS) is 16.0. The van der Waals surface area contributed by atoms with E-state index in [1.807, 2.05) is 6.92 Å². The number of nitrogens with one attached hydrogen (secondary N) is 1. The van der Waals surface area contributed by atoms with Gasteiger partial charge in [0.15, 0.2) is 0 Å². The maximum Gasteiger partial charge on any atom is 0.260 e. The second-order valence-electron chi connectivity index (χ2n) is 5.22. The minimum absolute atomic E-state index is 0.0427. The molecule has 21 heavy (non-hydrogen) atoms. The Hall–Kier alpha value is -1.01. The summed E-state index contributed by atoms with van der Waals surface area (Å²) in [5.74, 6) is -2.19.